The van der Waals surface area contributed by atoms with Gasteiger partial charge in [0, 0.05) is 43.7 Å². The molecule has 1 aliphatic heterocycles. The Hall–Kier alpha value is 0.270. The Kier molecular flexibility index (Phi) is 3.94. The Labute approximate surface area is 85.4 Å². The van der Waals surface area contributed by atoms with E-state index in [-0.39, 0.29) is 0 Å². The molecular formula is C10H20N2S. The lowest BCUT2D eigenvalue weighted by Gasteiger charge is -2.30. The zero-order valence-electron chi connectivity index (χ0n) is 8.30. The van der Waals surface area contributed by atoms with Crippen LogP contribution in [-0.4, -0.2) is 48.6 Å². The van der Waals surface area contributed by atoms with E-state index in [2.05, 4.69) is 22.0 Å². The topological polar surface area (TPSA) is 15.3 Å². The second-order valence-corrected chi connectivity index (χ2v) is 5.26. The van der Waals surface area contributed by atoms with Crippen LogP contribution in [0.3, 0.4) is 0 Å². The van der Waals surface area contributed by atoms with Crippen LogP contribution >= 0.6 is 11.8 Å². The Bertz CT molecular complexity index is 142. The van der Waals surface area contributed by atoms with Gasteiger partial charge in [-0.25, -0.2) is 0 Å². The second kappa shape index (κ2) is 5.23. The molecule has 0 spiro atoms. The number of rotatable bonds is 4. The summed E-state index contributed by atoms with van der Waals surface area (Å²) in [5.74, 6) is 2.67. The molecule has 1 saturated carbocycles. The summed E-state index contributed by atoms with van der Waals surface area (Å²) in [5.41, 5.74) is 0. The molecule has 2 aliphatic rings. The highest BCUT2D eigenvalue weighted by atomic mass is 32.2. The first-order valence-electron chi connectivity index (χ1n) is 5.48. The molecule has 0 aromatic carbocycles. The molecule has 0 radical (unpaired) electrons. The largest absolute Gasteiger partial charge is 0.313 e. The third-order valence-electron chi connectivity index (χ3n) is 3.07. The van der Waals surface area contributed by atoms with Crippen LogP contribution in [0.5, 0.6) is 0 Å². The maximum absolute atomic E-state index is 3.62. The van der Waals surface area contributed by atoms with E-state index in [0.717, 1.165) is 6.04 Å². The maximum atomic E-state index is 3.62. The van der Waals surface area contributed by atoms with E-state index in [4.69, 9.17) is 0 Å². The van der Waals surface area contributed by atoms with Crippen molar-refractivity contribution in [2.45, 2.75) is 25.3 Å². The van der Waals surface area contributed by atoms with Crippen LogP contribution < -0.4 is 5.32 Å². The minimum absolute atomic E-state index is 0.860. The molecule has 76 valence electrons. The predicted molar refractivity (Wildman–Crippen MR) is 59.4 cm³/mol. The van der Waals surface area contributed by atoms with Crippen molar-refractivity contribution in [2.75, 3.05) is 37.7 Å². The lowest BCUT2D eigenvalue weighted by molar-refractivity contribution is 0.273. The molecule has 0 aromatic heterocycles. The van der Waals surface area contributed by atoms with Crippen LogP contribution in [0.25, 0.3) is 0 Å². The zero-order valence-corrected chi connectivity index (χ0v) is 9.11. The fourth-order valence-electron chi connectivity index (χ4n) is 1.86. The van der Waals surface area contributed by atoms with E-state index in [1.54, 1.807) is 0 Å². The number of nitrogens with zero attached hydrogens (tertiary/aromatic N) is 1. The van der Waals surface area contributed by atoms with Gasteiger partial charge in [-0.2, -0.15) is 11.8 Å². The van der Waals surface area contributed by atoms with E-state index in [9.17, 15) is 0 Å². The molecule has 0 atom stereocenters. The lowest BCUT2D eigenvalue weighted by atomic mass is 9.93. The Morgan fingerprint density at radius 2 is 2.00 bits per heavy atom. The zero-order chi connectivity index (χ0) is 8.93. The van der Waals surface area contributed by atoms with E-state index in [1.165, 1.54) is 56.9 Å². The first kappa shape index (κ1) is 9.81. The quantitative estimate of drug-likeness (QED) is 0.733. The van der Waals surface area contributed by atoms with E-state index in [1.807, 2.05) is 0 Å². The molecular weight excluding hydrogens is 180 g/mol. The fraction of sp³-hybridized carbons (Fsp3) is 1.00. The molecule has 1 heterocycles. The van der Waals surface area contributed by atoms with Crippen molar-refractivity contribution in [1.29, 1.82) is 0 Å². The monoisotopic (exact) mass is 200 g/mol. The number of nitrogens with one attached hydrogen (secondary N) is 1. The molecule has 1 saturated heterocycles. The van der Waals surface area contributed by atoms with E-state index in [0.29, 0.717) is 0 Å². The number of thioether (sulfide) groups is 1. The molecule has 0 amide bonds. The highest BCUT2D eigenvalue weighted by Gasteiger charge is 2.16. The van der Waals surface area contributed by atoms with Crippen LogP contribution in [0.4, 0.5) is 0 Å². The van der Waals surface area contributed by atoms with Crippen molar-refractivity contribution < 1.29 is 0 Å². The Morgan fingerprint density at radius 3 is 2.62 bits per heavy atom. The Morgan fingerprint density at radius 1 is 1.23 bits per heavy atom. The molecule has 0 unspecified atom stereocenters. The lowest BCUT2D eigenvalue weighted by Crippen LogP contribution is -2.42. The van der Waals surface area contributed by atoms with E-state index < -0.39 is 0 Å². The third-order valence-corrected chi connectivity index (χ3v) is 4.01. The van der Waals surface area contributed by atoms with Gasteiger partial charge in [-0.15, -0.1) is 0 Å². The van der Waals surface area contributed by atoms with Crippen molar-refractivity contribution in [3.05, 3.63) is 0 Å². The van der Waals surface area contributed by atoms with Gasteiger partial charge in [0.1, 0.15) is 0 Å². The first-order valence-corrected chi connectivity index (χ1v) is 6.64. The fourth-order valence-corrected chi connectivity index (χ4v) is 2.84. The average molecular weight is 200 g/mol. The highest BCUT2D eigenvalue weighted by molar-refractivity contribution is 7.99. The van der Waals surface area contributed by atoms with Gasteiger partial charge in [0.15, 0.2) is 0 Å². The van der Waals surface area contributed by atoms with Gasteiger partial charge >= 0.3 is 0 Å². The average Bonchev–Trinajstić information content (AvgIpc) is 2.11. The smallest absolute Gasteiger partial charge is 0.0108 e. The maximum Gasteiger partial charge on any atom is 0.0108 e. The second-order valence-electron chi connectivity index (χ2n) is 4.04. The van der Waals surface area contributed by atoms with Crippen molar-refractivity contribution >= 4 is 11.8 Å². The van der Waals surface area contributed by atoms with Gasteiger partial charge in [-0.1, -0.05) is 6.42 Å². The minimum atomic E-state index is 0.860. The molecule has 3 heteroatoms. The molecule has 13 heavy (non-hydrogen) atoms. The van der Waals surface area contributed by atoms with Crippen molar-refractivity contribution in [1.82, 2.24) is 10.2 Å². The van der Waals surface area contributed by atoms with Crippen molar-refractivity contribution in [3.8, 4) is 0 Å². The van der Waals surface area contributed by atoms with Gasteiger partial charge in [0.05, 0.1) is 0 Å². The SMILES string of the molecule is C1CC(NCCN2CCSCC2)C1. The first-order chi connectivity index (χ1) is 6.45. The summed E-state index contributed by atoms with van der Waals surface area (Å²) in [5, 5.41) is 3.62. The molecule has 2 rings (SSSR count). The summed E-state index contributed by atoms with van der Waals surface area (Å²) < 4.78 is 0. The predicted octanol–water partition coefficient (Wildman–Crippen LogP) is 1.18. The third kappa shape index (κ3) is 3.15. The van der Waals surface area contributed by atoms with Crippen molar-refractivity contribution in [2.24, 2.45) is 0 Å². The summed E-state index contributed by atoms with van der Waals surface area (Å²) in [6.07, 6.45) is 4.27. The van der Waals surface area contributed by atoms with Gasteiger partial charge in [0.25, 0.3) is 0 Å². The normalized spacial score (nSPS) is 25.8. The van der Waals surface area contributed by atoms with Gasteiger partial charge in [-0.3, -0.25) is 0 Å². The number of hydrogen-bond donors (Lipinski definition) is 1. The standard InChI is InChI=1S/C10H20N2S/c1-2-10(3-1)11-4-5-12-6-8-13-9-7-12/h10-11H,1-9H2. The van der Waals surface area contributed by atoms with Gasteiger partial charge < -0.3 is 10.2 Å². The van der Waals surface area contributed by atoms with Gasteiger partial charge in [-0.05, 0) is 12.8 Å². The summed E-state index contributed by atoms with van der Waals surface area (Å²) in [6.45, 7) is 5.07. The molecule has 0 bridgehead atoms. The highest BCUT2D eigenvalue weighted by Crippen LogP contribution is 2.17. The molecule has 0 aromatic rings. The van der Waals surface area contributed by atoms with Crippen LogP contribution in [0.1, 0.15) is 19.3 Å². The van der Waals surface area contributed by atoms with Crippen LogP contribution in [-0.2, 0) is 0 Å². The molecule has 1 aliphatic carbocycles. The summed E-state index contributed by atoms with van der Waals surface area (Å²) in [6, 6.07) is 0.860. The van der Waals surface area contributed by atoms with Crippen LogP contribution in [0.2, 0.25) is 0 Å². The molecule has 1 N–H and O–H groups in total. The Balaban J connectivity index is 1.50. The molecule has 2 nitrogen and oxygen atoms in total. The van der Waals surface area contributed by atoms with Crippen molar-refractivity contribution in [3.63, 3.8) is 0 Å². The number of hydrogen-bond acceptors (Lipinski definition) is 3. The summed E-state index contributed by atoms with van der Waals surface area (Å²) in [7, 11) is 0. The van der Waals surface area contributed by atoms with Gasteiger partial charge in [0.2, 0.25) is 0 Å². The van der Waals surface area contributed by atoms with E-state index >= 15 is 0 Å². The van der Waals surface area contributed by atoms with Crippen LogP contribution in [0.15, 0.2) is 0 Å². The summed E-state index contributed by atoms with van der Waals surface area (Å²) in [4.78, 5) is 2.59. The molecule has 2 fully saturated rings. The van der Waals surface area contributed by atoms with Crippen LogP contribution in [0, 0.1) is 0 Å². The minimum Gasteiger partial charge on any atom is -0.313 e. The summed E-state index contributed by atoms with van der Waals surface area (Å²) >= 11 is 2.09.